The Bertz CT molecular complexity index is 548. The Morgan fingerprint density at radius 1 is 1.04 bits per heavy atom. The number of rotatable bonds is 5. The summed E-state index contributed by atoms with van der Waals surface area (Å²) in [4.78, 5) is 6.09. The van der Waals surface area contributed by atoms with E-state index < -0.39 is 11.6 Å². The van der Waals surface area contributed by atoms with Crippen molar-refractivity contribution in [1.82, 2.24) is 9.80 Å². The third kappa shape index (κ3) is 4.80. The van der Waals surface area contributed by atoms with Crippen LogP contribution in [0.2, 0.25) is 0 Å². The molecule has 0 atom stereocenters. The van der Waals surface area contributed by atoms with Crippen molar-refractivity contribution < 1.29 is 18.6 Å². The number of aliphatic hydroxyl groups is 1. The van der Waals surface area contributed by atoms with Crippen molar-refractivity contribution in [3.05, 3.63) is 23.8 Å². The Balaban J connectivity index is 1.54. The smallest absolute Gasteiger partial charge is 0.153 e. The molecular formula is C18H27F2N3O2. The van der Waals surface area contributed by atoms with Crippen LogP contribution in [0.3, 0.4) is 0 Å². The summed E-state index contributed by atoms with van der Waals surface area (Å²) in [5, 5.41) is 9.49. The van der Waals surface area contributed by atoms with Gasteiger partial charge < -0.3 is 19.6 Å². The second-order valence-corrected chi connectivity index (χ2v) is 6.95. The minimum Gasteiger partial charge on any atom is -0.492 e. The fourth-order valence-corrected chi connectivity index (χ4v) is 3.39. The molecule has 1 aromatic carbocycles. The number of likely N-dealkylation sites (N-methyl/N-ethyl adjacent to an activating group) is 1. The minimum absolute atomic E-state index is 0.0467. The summed E-state index contributed by atoms with van der Waals surface area (Å²) >= 11 is 0. The number of ether oxygens (including phenoxy) is 1. The van der Waals surface area contributed by atoms with Gasteiger partial charge in [-0.2, -0.15) is 0 Å². The van der Waals surface area contributed by atoms with E-state index in [0.29, 0.717) is 26.2 Å². The molecule has 0 aliphatic carbocycles. The molecule has 140 valence electrons. The zero-order valence-electron chi connectivity index (χ0n) is 14.8. The van der Waals surface area contributed by atoms with Crippen molar-refractivity contribution in [1.29, 1.82) is 0 Å². The zero-order valence-corrected chi connectivity index (χ0v) is 14.8. The predicted molar refractivity (Wildman–Crippen MR) is 93.2 cm³/mol. The molecule has 7 heteroatoms. The Hall–Kier alpha value is -1.44. The number of benzene rings is 1. The lowest BCUT2D eigenvalue weighted by Crippen LogP contribution is -2.45. The fraction of sp³-hybridized carbons (Fsp3) is 0.667. The van der Waals surface area contributed by atoms with Gasteiger partial charge in [0.15, 0.2) is 11.6 Å². The van der Waals surface area contributed by atoms with Gasteiger partial charge in [0, 0.05) is 57.9 Å². The van der Waals surface area contributed by atoms with Crippen molar-refractivity contribution in [2.45, 2.75) is 18.9 Å². The summed E-state index contributed by atoms with van der Waals surface area (Å²) in [6.45, 7) is 5.55. The third-order valence-corrected chi connectivity index (χ3v) is 5.04. The van der Waals surface area contributed by atoms with Gasteiger partial charge in [-0.1, -0.05) is 0 Å². The highest BCUT2D eigenvalue weighted by Gasteiger charge is 2.22. The molecule has 2 saturated heterocycles. The highest BCUT2D eigenvalue weighted by molar-refractivity contribution is 5.52. The van der Waals surface area contributed by atoms with Crippen LogP contribution in [0, 0.1) is 11.6 Å². The van der Waals surface area contributed by atoms with Crippen molar-refractivity contribution in [2.24, 2.45) is 0 Å². The lowest BCUT2D eigenvalue weighted by molar-refractivity contribution is 0.0754. The van der Waals surface area contributed by atoms with Crippen molar-refractivity contribution in [3.8, 4) is 5.75 Å². The fourth-order valence-electron chi connectivity index (χ4n) is 3.39. The van der Waals surface area contributed by atoms with Gasteiger partial charge >= 0.3 is 0 Å². The highest BCUT2D eigenvalue weighted by Crippen LogP contribution is 2.29. The van der Waals surface area contributed by atoms with E-state index in [1.54, 1.807) is 4.90 Å². The number of anilines is 1. The summed E-state index contributed by atoms with van der Waals surface area (Å²) < 4.78 is 34.4. The van der Waals surface area contributed by atoms with Crippen LogP contribution in [0.15, 0.2) is 12.1 Å². The molecule has 0 saturated carbocycles. The molecule has 2 aliphatic rings. The van der Waals surface area contributed by atoms with E-state index in [0.717, 1.165) is 39.0 Å². The maximum absolute atomic E-state index is 14.4. The van der Waals surface area contributed by atoms with Gasteiger partial charge in [-0.15, -0.1) is 0 Å². The first kappa shape index (κ1) is 18.4. The first-order valence-electron chi connectivity index (χ1n) is 8.98. The lowest BCUT2D eigenvalue weighted by atomic mass is 10.1. The monoisotopic (exact) mass is 355 g/mol. The molecule has 5 nitrogen and oxygen atoms in total. The van der Waals surface area contributed by atoms with E-state index in [9.17, 15) is 13.9 Å². The number of piperidine rings is 1. The van der Waals surface area contributed by atoms with Gasteiger partial charge in [0.2, 0.25) is 0 Å². The maximum atomic E-state index is 14.4. The summed E-state index contributed by atoms with van der Waals surface area (Å²) in [5.74, 6) is -0.911. The molecule has 0 bridgehead atoms. The molecule has 25 heavy (non-hydrogen) atoms. The van der Waals surface area contributed by atoms with Crippen LogP contribution < -0.4 is 9.64 Å². The topological polar surface area (TPSA) is 39.2 Å². The molecule has 0 unspecified atom stereocenters. The second-order valence-electron chi connectivity index (χ2n) is 6.95. The largest absolute Gasteiger partial charge is 0.492 e. The van der Waals surface area contributed by atoms with Crippen LogP contribution in [0.25, 0.3) is 0 Å². The van der Waals surface area contributed by atoms with Crippen molar-refractivity contribution >= 4 is 5.69 Å². The van der Waals surface area contributed by atoms with Crippen LogP contribution >= 0.6 is 0 Å². The van der Waals surface area contributed by atoms with Crippen LogP contribution in [0.4, 0.5) is 14.5 Å². The Morgan fingerprint density at radius 2 is 1.64 bits per heavy atom. The normalized spacial score (nSPS) is 20.9. The molecule has 3 rings (SSSR count). The standard InChI is InChI=1S/C18H27F2N3O2/c1-21-6-8-23(9-7-21)18-16(19)12-15(13-17(18)20)25-11-10-22-4-2-14(24)3-5-22/h12-14,24H,2-11H2,1H3. The third-order valence-electron chi connectivity index (χ3n) is 5.04. The summed E-state index contributed by atoms with van der Waals surface area (Å²) in [6, 6.07) is 2.55. The molecule has 0 radical (unpaired) electrons. The maximum Gasteiger partial charge on any atom is 0.153 e. The number of hydrogen-bond donors (Lipinski definition) is 1. The van der Waals surface area contributed by atoms with Crippen molar-refractivity contribution in [3.63, 3.8) is 0 Å². The average molecular weight is 355 g/mol. The van der Waals surface area contributed by atoms with E-state index in [1.807, 2.05) is 7.05 Å². The molecule has 2 heterocycles. The quantitative estimate of drug-likeness (QED) is 0.868. The summed E-state index contributed by atoms with van der Waals surface area (Å²) in [7, 11) is 2.00. The molecule has 1 aromatic rings. The number of piperazine rings is 1. The first-order valence-corrected chi connectivity index (χ1v) is 8.98. The van der Waals surface area contributed by atoms with Crippen LogP contribution in [0.5, 0.6) is 5.75 Å². The van der Waals surface area contributed by atoms with Gasteiger partial charge in [0.25, 0.3) is 0 Å². The number of likely N-dealkylation sites (tertiary alicyclic amines) is 1. The molecule has 0 amide bonds. The number of aliphatic hydroxyl groups excluding tert-OH is 1. The predicted octanol–water partition coefficient (Wildman–Crippen LogP) is 1.55. The van der Waals surface area contributed by atoms with Gasteiger partial charge in [0.1, 0.15) is 18.0 Å². The van der Waals surface area contributed by atoms with E-state index in [4.69, 9.17) is 4.74 Å². The van der Waals surface area contributed by atoms with Gasteiger partial charge in [-0.25, -0.2) is 8.78 Å². The summed E-state index contributed by atoms with van der Waals surface area (Å²) in [6.07, 6.45) is 1.33. The van der Waals surface area contributed by atoms with Crippen LogP contribution in [-0.2, 0) is 0 Å². The average Bonchev–Trinajstić information content (AvgIpc) is 2.58. The Kier molecular flexibility index (Phi) is 6.09. The molecule has 0 aromatic heterocycles. The Morgan fingerprint density at radius 3 is 2.24 bits per heavy atom. The van der Waals surface area contributed by atoms with Gasteiger partial charge in [0.05, 0.1) is 6.10 Å². The van der Waals surface area contributed by atoms with E-state index in [-0.39, 0.29) is 17.5 Å². The van der Waals surface area contributed by atoms with Gasteiger partial charge in [-0.05, 0) is 19.9 Å². The SMILES string of the molecule is CN1CCN(c2c(F)cc(OCCN3CCC(O)CC3)cc2F)CC1. The first-order chi connectivity index (χ1) is 12.0. The molecule has 1 N–H and O–H groups in total. The summed E-state index contributed by atoms with van der Waals surface area (Å²) in [5.41, 5.74) is 0.0467. The van der Waals surface area contributed by atoms with Crippen LogP contribution in [0.1, 0.15) is 12.8 Å². The lowest BCUT2D eigenvalue weighted by Gasteiger charge is -2.34. The highest BCUT2D eigenvalue weighted by atomic mass is 19.1. The number of nitrogens with zero attached hydrogens (tertiary/aromatic N) is 3. The zero-order chi connectivity index (χ0) is 17.8. The number of halogens is 2. The van der Waals surface area contributed by atoms with Crippen LogP contribution in [-0.4, -0.2) is 80.5 Å². The second kappa shape index (κ2) is 8.29. The Labute approximate surface area is 147 Å². The molecule has 2 aliphatic heterocycles. The number of hydrogen-bond acceptors (Lipinski definition) is 5. The molecular weight excluding hydrogens is 328 g/mol. The van der Waals surface area contributed by atoms with Crippen molar-refractivity contribution in [2.75, 3.05) is 64.4 Å². The minimum atomic E-state index is -0.569. The van der Waals surface area contributed by atoms with E-state index in [1.165, 1.54) is 12.1 Å². The molecule has 0 spiro atoms. The van der Waals surface area contributed by atoms with E-state index in [2.05, 4.69) is 9.80 Å². The van der Waals surface area contributed by atoms with Gasteiger partial charge in [-0.3, -0.25) is 4.90 Å². The molecule has 2 fully saturated rings. The van der Waals surface area contributed by atoms with E-state index >= 15 is 0 Å².